The summed E-state index contributed by atoms with van der Waals surface area (Å²) in [5.41, 5.74) is 6.79. The van der Waals surface area contributed by atoms with Crippen molar-refractivity contribution in [3.8, 4) is 5.75 Å². The fraction of sp³-hybridized carbons (Fsp3) is 0.125. The van der Waals surface area contributed by atoms with Crippen LogP contribution < -0.4 is 15.8 Å². The monoisotopic (exact) mass is 358 g/mol. The fourth-order valence-electron chi connectivity index (χ4n) is 2.14. The summed E-state index contributed by atoms with van der Waals surface area (Å²) in [5, 5.41) is 14.7. The number of fused-ring (bicyclic) bond motifs is 1. The van der Waals surface area contributed by atoms with Gasteiger partial charge in [0.25, 0.3) is 11.6 Å². The molecule has 2 aromatic carbocycles. The van der Waals surface area contributed by atoms with E-state index in [2.05, 4.69) is 10.3 Å². The Balaban J connectivity index is 1.64. The van der Waals surface area contributed by atoms with Gasteiger partial charge in [0.05, 0.1) is 15.1 Å². The van der Waals surface area contributed by atoms with E-state index >= 15 is 0 Å². The lowest BCUT2D eigenvalue weighted by atomic mass is 10.2. The van der Waals surface area contributed by atoms with Gasteiger partial charge in [-0.05, 0) is 23.8 Å². The Bertz CT molecular complexity index is 924. The summed E-state index contributed by atoms with van der Waals surface area (Å²) in [5.74, 6) is 0.0386. The highest BCUT2D eigenvalue weighted by atomic mass is 32.1. The second-order valence-corrected chi connectivity index (χ2v) is 6.21. The highest BCUT2D eigenvalue weighted by molar-refractivity contribution is 7.22. The zero-order valence-electron chi connectivity index (χ0n) is 13.0. The standard InChI is InChI=1S/C16H14N4O4S/c17-15(21)9-24-12-4-1-10(2-5-12)8-18-16-19-13-6-3-11(20(22)23)7-14(13)25-16/h1-7H,8-9H2,(H2,17,21)(H,18,19). The Morgan fingerprint density at radius 2 is 2.04 bits per heavy atom. The molecule has 0 fully saturated rings. The minimum atomic E-state index is -0.526. The number of anilines is 1. The number of nitrogens with two attached hydrogens (primary N) is 1. The number of carbonyl (C=O) groups is 1. The van der Waals surface area contributed by atoms with Crippen LogP contribution in [0, 0.1) is 10.1 Å². The van der Waals surface area contributed by atoms with Crippen molar-refractivity contribution >= 4 is 38.3 Å². The zero-order valence-corrected chi connectivity index (χ0v) is 13.8. The Morgan fingerprint density at radius 3 is 2.72 bits per heavy atom. The van der Waals surface area contributed by atoms with Crippen molar-refractivity contribution < 1.29 is 14.5 Å². The molecule has 25 heavy (non-hydrogen) atoms. The number of rotatable bonds is 7. The minimum Gasteiger partial charge on any atom is -0.484 e. The van der Waals surface area contributed by atoms with Crippen LogP contribution in [0.5, 0.6) is 5.75 Å². The van der Waals surface area contributed by atoms with Crippen LogP contribution in [0.15, 0.2) is 42.5 Å². The molecule has 9 heteroatoms. The quantitative estimate of drug-likeness (QED) is 0.495. The molecule has 128 valence electrons. The molecule has 0 saturated carbocycles. The lowest BCUT2D eigenvalue weighted by Gasteiger charge is -2.06. The van der Waals surface area contributed by atoms with Gasteiger partial charge in [0.15, 0.2) is 11.7 Å². The molecule has 3 N–H and O–H groups in total. The van der Waals surface area contributed by atoms with Crippen LogP contribution in [-0.4, -0.2) is 22.4 Å². The molecule has 3 rings (SSSR count). The number of carbonyl (C=O) groups excluding carboxylic acids is 1. The maximum Gasteiger partial charge on any atom is 0.270 e. The van der Waals surface area contributed by atoms with E-state index in [1.165, 1.54) is 23.5 Å². The van der Waals surface area contributed by atoms with Crippen LogP contribution in [0.25, 0.3) is 10.2 Å². The molecule has 0 bridgehead atoms. The third kappa shape index (κ3) is 4.21. The maximum atomic E-state index is 10.8. The molecule has 0 radical (unpaired) electrons. The van der Waals surface area contributed by atoms with Gasteiger partial charge in [-0.25, -0.2) is 4.98 Å². The first-order valence-corrected chi connectivity index (χ1v) is 8.12. The van der Waals surface area contributed by atoms with Crippen LogP contribution in [0.4, 0.5) is 10.8 Å². The summed E-state index contributed by atoms with van der Waals surface area (Å²) >= 11 is 1.36. The van der Waals surface area contributed by atoms with Gasteiger partial charge in [-0.1, -0.05) is 23.5 Å². The topological polar surface area (TPSA) is 120 Å². The van der Waals surface area contributed by atoms with Crippen molar-refractivity contribution in [2.45, 2.75) is 6.54 Å². The Morgan fingerprint density at radius 1 is 1.28 bits per heavy atom. The summed E-state index contributed by atoms with van der Waals surface area (Å²) in [7, 11) is 0. The molecule has 3 aromatic rings. The van der Waals surface area contributed by atoms with E-state index in [9.17, 15) is 14.9 Å². The molecule has 0 saturated heterocycles. The minimum absolute atomic E-state index is 0.0502. The molecular weight excluding hydrogens is 344 g/mol. The smallest absolute Gasteiger partial charge is 0.270 e. The molecule has 0 aliphatic rings. The van der Waals surface area contributed by atoms with Crippen LogP contribution in [0.1, 0.15) is 5.56 Å². The van der Waals surface area contributed by atoms with Crippen molar-refractivity contribution in [3.05, 3.63) is 58.1 Å². The van der Waals surface area contributed by atoms with E-state index in [1.54, 1.807) is 18.2 Å². The number of benzene rings is 2. The SMILES string of the molecule is NC(=O)COc1ccc(CNc2nc3ccc([N+](=O)[O-])cc3s2)cc1. The number of nitro benzene ring substituents is 1. The highest BCUT2D eigenvalue weighted by Gasteiger charge is 2.10. The number of nitro groups is 1. The lowest BCUT2D eigenvalue weighted by Crippen LogP contribution is -2.19. The van der Waals surface area contributed by atoms with Crippen LogP contribution in [0.2, 0.25) is 0 Å². The first-order valence-electron chi connectivity index (χ1n) is 7.30. The fourth-order valence-corrected chi connectivity index (χ4v) is 3.03. The van der Waals surface area contributed by atoms with E-state index in [1.807, 2.05) is 12.1 Å². The van der Waals surface area contributed by atoms with Crippen molar-refractivity contribution in [1.29, 1.82) is 0 Å². The molecule has 0 spiro atoms. The van der Waals surface area contributed by atoms with E-state index in [0.717, 1.165) is 10.3 Å². The van der Waals surface area contributed by atoms with Gasteiger partial charge in [0, 0.05) is 18.7 Å². The number of nitrogens with one attached hydrogen (secondary N) is 1. The van der Waals surface area contributed by atoms with Gasteiger partial charge >= 0.3 is 0 Å². The summed E-state index contributed by atoms with van der Waals surface area (Å²) in [6.45, 7) is 0.382. The summed E-state index contributed by atoms with van der Waals surface area (Å²) in [4.78, 5) is 25.5. The maximum absolute atomic E-state index is 10.8. The van der Waals surface area contributed by atoms with Gasteiger partial charge in [-0.15, -0.1) is 0 Å². The van der Waals surface area contributed by atoms with E-state index in [0.29, 0.717) is 22.9 Å². The molecule has 1 aromatic heterocycles. The van der Waals surface area contributed by atoms with Crippen molar-refractivity contribution in [2.24, 2.45) is 5.73 Å². The Hall–Kier alpha value is -3.20. The molecule has 1 amide bonds. The summed E-state index contributed by atoms with van der Waals surface area (Å²) in [6.07, 6.45) is 0. The van der Waals surface area contributed by atoms with Gasteiger partial charge in [0.1, 0.15) is 5.75 Å². The first kappa shape index (κ1) is 16.7. The first-order chi connectivity index (χ1) is 12.0. The number of nitrogens with zero attached hydrogens (tertiary/aromatic N) is 2. The highest BCUT2D eigenvalue weighted by Crippen LogP contribution is 2.29. The second-order valence-electron chi connectivity index (χ2n) is 5.18. The number of primary amides is 1. The van der Waals surface area contributed by atoms with Crippen LogP contribution >= 0.6 is 11.3 Å². The van der Waals surface area contributed by atoms with Gasteiger partial charge in [-0.2, -0.15) is 0 Å². The predicted molar refractivity (Wildman–Crippen MR) is 94.7 cm³/mol. The molecule has 0 aliphatic heterocycles. The van der Waals surface area contributed by atoms with Crippen molar-refractivity contribution in [1.82, 2.24) is 4.98 Å². The molecule has 8 nitrogen and oxygen atoms in total. The lowest BCUT2D eigenvalue weighted by molar-refractivity contribution is -0.384. The Kier molecular flexibility index (Phi) is 4.75. The normalized spacial score (nSPS) is 10.6. The number of non-ortho nitro benzene ring substituents is 1. The third-order valence-electron chi connectivity index (χ3n) is 3.33. The molecule has 1 heterocycles. The average Bonchev–Trinajstić information content (AvgIpc) is 3.01. The van der Waals surface area contributed by atoms with Gasteiger partial charge in [0.2, 0.25) is 0 Å². The molecule has 0 aliphatic carbocycles. The summed E-state index contributed by atoms with van der Waals surface area (Å²) < 4.78 is 5.95. The van der Waals surface area contributed by atoms with Crippen LogP contribution in [0.3, 0.4) is 0 Å². The largest absolute Gasteiger partial charge is 0.484 e. The predicted octanol–water partition coefficient (Wildman–Crippen LogP) is 2.68. The molecular formula is C16H14N4O4S. The molecule has 0 atom stereocenters. The van der Waals surface area contributed by atoms with E-state index < -0.39 is 10.8 Å². The average molecular weight is 358 g/mol. The number of thiazole rings is 1. The Labute approximate surface area is 146 Å². The van der Waals surface area contributed by atoms with Gasteiger partial charge in [-0.3, -0.25) is 14.9 Å². The molecule has 0 unspecified atom stereocenters. The summed E-state index contributed by atoms with van der Waals surface area (Å²) in [6, 6.07) is 11.8. The van der Waals surface area contributed by atoms with E-state index in [4.69, 9.17) is 10.5 Å². The second kappa shape index (κ2) is 7.14. The van der Waals surface area contributed by atoms with Crippen LogP contribution in [-0.2, 0) is 11.3 Å². The van der Waals surface area contributed by atoms with Crippen molar-refractivity contribution in [2.75, 3.05) is 11.9 Å². The number of hydrogen-bond acceptors (Lipinski definition) is 7. The van der Waals surface area contributed by atoms with E-state index in [-0.39, 0.29) is 12.3 Å². The van der Waals surface area contributed by atoms with Gasteiger partial charge < -0.3 is 15.8 Å². The number of aromatic nitrogens is 1. The number of ether oxygens (including phenoxy) is 1. The zero-order chi connectivity index (χ0) is 17.8. The third-order valence-corrected chi connectivity index (χ3v) is 4.31. The number of hydrogen-bond donors (Lipinski definition) is 2. The van der Waals surface area contributed by atoms with Crippen molar-refractivity contribution in [3.63, 3.8) is 0 Å². The number of amides is 1.